The maximum atomic E-state index is 2.36. The van der Waals surface area contributed by atoms with Gasteiger partial charge in [-0.15, -0.1) is 0 Å². The van der Waals surface area contributed by atoms with Gasteiger partial charge in [0, 0.05) is 0 Å². The standard InChI is InChI=1S/C39H83P/c1-5-9-13-17-21-22-23-24-25-26-27-31-35-39-40(36-32-28-18-14-10-6-2,37-33-29-19-15-11-7-3)38-34-30-20-16-12-8-4/h40H,5-39H2,1-4H3. The predicted octanol–water partition coefficient (Wildman–Crippen LogP) is 14.9. The molecule has 0 heterocycles. The average molecular weight is 583 g/mol. The zero-order chi connectivity index (χ0) is 29.2. The van der Waals surface area contributed by atoms with E-state index in [1.165, 1.54) is 173 Å². The summed E-state index contributed by atoms with van der Waals surface area (Å²) in [5.41, 5.74) is 0. The number of rotatable bonds is 35. The predicted molar refractivity (Wildman–Crippen MR) is 194 cm³/mol. The molecule has 0 nitrogen and oxygen atoms in total. The Morgan fingerprint density at radius 1 is 0.200 bits per heavy atom. The van der Waals surface area contributed by atoms with Crippen molar-refractivity contribution < 1.29 is 0 Å². The molecule has 0 rings (SSSR count). The van der Waals surface area contributed by atoms with Gasteiger partial charge in [-0.3, -0.25) is 0 Å². The summed E-state index contributed by atoms with van der Waals surface area (Å²) in [4.78, 5) is 0. The van der Waals surface area contributed by atoms with Gasteiger partial charge in [0.15, 0.2) is 0 Å². The first-order chi connectivity index (χ1) is 19.7. The van der Waals surface area contributed by atoms with Crippen LogP contribution in [0.25, 0.3) is 0 Å². The van der Waals surface area contributed by atoms with Crippen molar-refractivity contribution in [2.45, 2.75) is 227 Å². The van der Waals surface area contributed by atoms with Gasteiger partial charge in [-0.1, -0.05) is 19.8 Å². The van der Waals surface area contributed by atoms with E-state index in [1.54, 1.807) is 50.3 Å². The second kappa shape index (κ2) is 33.9. The molecule has 0 aliphatic rings. The van der Waals surface area contributed by atoms with Gasteiger partial charge < -0.3 is 0 Å². The molecule has 0 aromatic heterocycles. The van der Waals surface area contributed by atoms with E-state index in [-0.39, 0.29) is 0 Å². The van der Waals surface area contributed by atoms with Gasteiger partial charge in [0.05, 0.1) is 0 Å². The Kier molecular flexibility index (Phi) is 34.3. The molecule has 1 heteroatoms. The molecule has 0 bridgehead atoms. The fourth-order valence-electron chi connectivity index (χ4n) is 7.11. The first-order valence-corrected chi connectivity index (χ1v) is 22.6. The van der Waals surface area contributed by atoms with Crippen LogP contribution >= 0.6 is 7.26 Å². The molecule has 0 aromatic rings. The maximum absolute atomic E-state index is 2.36. The van der Waals surface area contributed by atoms with E-state index in [0.717, 1.165) is 0 Å². The number of hydrogen-bond donors (Lipinski definition) is 0. The van der Waals surface area contributed by atoms with E-state index in [0.29, 0.717) is 0 Å². The average Bonchev–Trinajstić information content (AvgIpc) is 2.96. The third-order valence-electron chi connectivity index (χ3n) is 9.99. The Balaban J connectivity index is 4.58. The van der Waals surface area contributed by atoms with E-state index in [1.807, 2.05) is 0 Å². The van der Waals surface area contributed by atoms with Crippen molar-refractivity contribution in [1.29, 1.82) is 0 Å². The Morgan fingerprint density at radius 2 is 0.350 bits per heavy atom. The van der Waals surface area contributed by atoms with Crippen molar-refractivity contribution in [3.05, 3.63) is 0 Å². The normalized spacial score (nSPS) is 12.4. The second-order valence-corrected chi connectivity index (χ2v) is 19.0. The molecule has 0 spiro atoms. The topological polar surface area (TPSA) is 0 Å². The van der Waals surface area contributed by atoms with Gasteiger partial charge in [-0.2, -0.15) is 0 Å². The first-order valence-electron chi connectivity index (χ1n) is 19.7. The van der Waals surface area contributed by atoms with E-state index in [4.69, 9.17) is 0 Å². The fourth-order valence-corrected chi connectivity index (χ4v) is 12.6. The minimum absolute atomic E-state index is 1.10. The van der Waals surface area contributed by atoms with Crippen LogP contribution in [0.15, 0.2) is 0 Å². The van der Waals surface area contributed by atoms with Crippen LogP contribution in [0.3, 0.4) is 0 Å². The van der Waals surface area contributed by atoms with Crippen molar-refractivity contribution in [3.63, 3.8) is 0 Å². The summed E-state index contributed by atoms with van der Waals surface area (Å²) in [6.45, 7) is 9.39. The summed E-state index contributed by atoms with van der Waals surface area (Å²) in [5, 5.41) is 0. The molecule has 0 aromatic carbocycles. The summed E-state index contributed by atoms with van der Waals surface area (Å²) < 4.78 is 0. The molecule has 40 heavy (non-hydrogen) atoms. The Labute approximate surface area is 258 Å². The van der Waals surface area contributed by atoms with Crippen LogP contribution in [0.4, 0.5) is 0 Å². The molecule has 0 atom stereocenters. The molecule has 0 aliphatic carbocycles. The monoisotopic (exact) mass is 583 g/mol. The summed E-state index contributed by atoms with van der Waals surface area (Å²) in [5.74, 6) is 0. The molecule has 0 saturated carbocycles. The van der Waals surface area contributed by atoms with Gasteiger partial charge >= 0.3 is 239 Å². The molecule has 0 amide bonds. The number of unbranched alkanes of at least 4 members (excludes halogenated alkanes) is 27. The molecule has 0 aliphatic heterocycles. The van der Waals surface area contributed by atoms with Crippen molar-refractivity contribution in [1.82, 2.24) is 0 Å². The summed E-state index contributed by atoms with van der Waals surface area (Å²) >= 11 is 0. The third-order valence-corrected chi connectivity index (χ3v) is 15.6. The molecule has 0 unspecified atom stereocenters. The van der Waals surface area contributed by atoms with Crippen LogP contribution in [0.2, 0.25) is 0 Å². The quantitative estimate of drug-likeness (QED) is 0.0515. The molecular formula is C39H83P. The van der Waals surface area contributed by atoms with Gasteiger partial charge in [0.2, 0.25) is 0 Å². The van der Waals surface area contributed by atoms with Crippen molar-refractivity contribution in [2.75, 3.05) is 24.6 Å². The van der Waals surface area contributed by atoms with Crippen LogP contribution in [0.5, 0.6) is 0 Å². The Bertz CT molecular complexity index is 403. The van der Waals surface area contributed by atoms with E-state index < -0.39 is 7.26 Å². The van der Waals surface area contributed by atoms with E-state index in [9.17, 15) is 0 Å². The van der Waals surface area contributed by atoms with Crippen molar-refractivity contribution >= 4 is 7.26 Å². The fraction of sp³-hybridized carbons (Fsp3) is 1.00. The Morgan fingerprint density at radius 3 is 0.525 bits per heavy atom. The van der Waals surface area contributed by atoms with Gasteiger partial charge in [0.25, 0.3) is 0 Å². The molecule has 0 N–H and O–H groups in total. The van der Waals surface area contributed by atoms with E-state index in [2.05, 4.69) is 27.7 Å². The van der Waals surface area contributed by atoms with Gasteiger partial charge in [-0.25, -0.2) is 0 Å². The summed E-state index contributed by atoms with van der Waals surface area (Å²) in [6.07, 6.45) is 52.9. The second-order valence-electron chi connectivity index (χ2n) is 14.0. The summed E-state index contributed by atoms with van der Waals surface area (Å²) in [7, 11) is -1.10. The minimum atomic E-state index is -1.10. The molecule has 0 saturated heterocycles. The molecule has 0 fully saturated rings. The number of hydrogen-bond acceptors (Lipinski definition) is 0. The van der Waals surface area contributed by atoms with E-state index >= 15 is 0 Å². The molecular weight excluding hydrogens is 499 g/mol. The van der Waals surface area contributed by atoms with Crippen molar-refractivity contribution in [2.24, 2.45) is 0 Å². The SMILES string of the molecule is CCCCCCCCCCCCCCC[PH](CCCCCCCC)(CCCCCCCC)CCCCCCCC. The first kappa shape index (κ1) is 40.4. The summed E-state index contributed by atoms with van der Waals surface area (Å²) in [6, 6.07) is 0. The van der Waals surface area contributed by atoms with Crippen molar-refractivity contribution in [3.8, 4) is 0 Å². The zero-order valence-corrected chi connectivity index (χ0v) is 30.2. The molecule has 0 radical (unpaired) electrons. The van der Waals surface area contributed by atoms with Crippen LogP contribution in [-0.2, 0) is 0 Å². The van der Waals surface area contributed by atoms with Crippen LogP contribution in [0.1, 0.15) is 227 Å². The van der Waals surface area contributed by atoms with Gasteiger partial charge in [0.1, 0.15) is 0 Å². The van der Waals surface area contributed by atoms with Crippen LogP contribution in [-0.4, -0.2) is 24.6 Å². The van der Waals surface area contributed by atoms with Crippen LogP contribution in [0, 0.1) is 0 Å². The molecule has 244 valence electrons. The Hall–Kier alpha value is 0.430. The van der Waals surface area contributed by atoms with Crippen LogP contribution < -0.4 is 0 Å². The third kappa shape index (κ3) is 28.5. The van der Waals surface area contributed by atoms with Gasteiger partial charge in [-0.05, 0) is 0 Å². The zero-order valence-electron chi connectivity index (χ0n) is 29.2.